The molecule has 1 aliphatic rings. The van der Waals surface area contributed by atoms with Gasteiger partial charge in [-0.1, -0.05) is 11.6 Å². The van der Waals surface area contributed by atoms with E-state index in [0.717, 1.165) is 0 Å². The van der Waals surface area contributed by atoms with Gasteiger partial charge >= 0.3 is 5.97 Å². The maximum atomic E-state index is 12.4. The van der Waals surface area contributed by atoms with Crippen LogP contribution in [-0.4, -0.2) is 34.6 Å². The van der Waals surface area contributed by atoms with Crippen LogP contribution < -0.4 is 10.6 Å². The number of nitrogens with one attached hydrogen (secondary N) is 2. The average Bonchev–Trinajstić information content (AvgIpc) is 2.79. The van der Waals surface area contributed by atoms with Crippen LogP contribution in [0.1, 0.15) is 38.1 Å². The molecule has 1 aromatic carbocycles. The minimum Gasteiger partial charge on any atom is -0.459 e. The molecule has 2 N–H and O–H groups in total. The molecule has 0 saturated carbocycles. The minimum absolute atomic E-state index is 0.0904. The second kappa shape index (κ2) is 7.55. The van der Waals surface area contributed by atoms with E-state index in [2.05, 4.69) is 10.6 Å². The molecule has 7 heteroatoms. The fourth-order valence-electron chi connectivity index (χ4n) is 2.37. The summed E-state index contributed by atoms with van der Waals surface area (Å²) in [5, 5.41) is 6.51. The number of carbonyl (C=O) groups is 2. The number of anilines is 1. The molecule has 23 heavy (non-hydrogen) atoms. The van der Waals surface area contributed by atoms with E-state index in [1.54, 1.807) is 43.8 Å². The van der Waals surface area contributed by atoms with Crippen LogP contribution in [0.3, 0.4) is 0 Å². The molecule has 1 amide bonds. The van der Waals surface area contributed by atoms with Gasteiger partial charge in [-0.25, -0.2) is 4.79 Å². The number of hydrogen-bond donors (Lipinski definition) is 2. The number of thioether (sulfide) groups is 1. The van der Waals surface area contributed by atoms with E-state index in [4.69, 9.17) is 16.3 Å². The van der Waals surface area contributed by atoms with E-state index >= 15 is 0 Å². The normalized spacial score (nSPS) is 23.8. The summed E-state index contributed by atoms with van der Waals surface area (Å²) in [4.78, 5) is 24.4. The lowest BCUT2D eigenvalue weighted by Crippen LogP contribution is -2.36. The van der Waals surface area contributed by atoms with Gasteiger partial charge in [0.2, 0.25) is 5.91 Å². The maximum Gasteiger partial charge on any atom is 0.339 e. The van der Waals surface area contributed by atoms with Crippen molar-refractivity contribution in [1.82, 2.24) is 5.32 Å². The summed E-state index contributed by atoms with van der Waals surface area (Å²) in [5.74, 6) is -0.593. The van der Waals surface area contributed by atoms with Gasteiger partial charge in [0.15, 0.2) is 0 Å². The molecular weight excluding hydrogens is 336 g/mol. The van der Waals surface area contributed by atoms with E-state index in [-0.39, 0.29) is 34.2 Å². The highest BCUT2D eigenvalue weighted by molar-refractivity contribution is 8.01. The van der Waals surface area contributed by atoms with Crippen molar-refractivity contribution in [2.75, 3.05) is 5.32 Å². The Morgan fingerprint density at radius 1 is 1.35 bits per heavy atom. The number of rotatable bonds is 4. The Hall–Kier alpha value is -1.24. The fraction of sp³-hybridized carbons (Fsp3) is 0.500. The molecule has 3 atom stereocenters. The predicted molar refractivity (Wildman–Crippen MR) is 94.1 cm³/mol. The lowest BCUT2D eigenvalue weighted by atomic mass is 10.1. The zero-order chi connectivity index (χ0) is 17.1. The molecule has 126 valence electrons. The molecule has 2 rings (SSSR count). The third kappa shape index (κ3) is 4.62. The fourth-order valence-corrected chi connectivity index (χ4v) is 3.80. The highest BCUT2D eigenvalue weighted by Gasteiger charge is 2.34. The van der Waals surface area contributed by atoms with Crippen molar-refractivity contribution in [3.8, 4) is 0 Å². The van der Waals surface area contributed by atoms with Crippen LogP contribution in [0.5, 0.6) is 0 Å². The molecule has 0 radical (unpaired) electrons. The highest BCUT2D eigenvalue weighted by Crippen LogP contribution is 2.28. The molecule has 1 fully saturated rings. The summed E-state index contributed by atoms with van der Waals surface area (Å²) < 4.78 is 5.16. The monoisotopic (exact) mass is 356 g/mol. The van der Waals surface area contributed by atoms with Crippen molar-refractivity contribution in [2.45, 2.75) is 50.5 Å². The first-order chi connectivity index (χ1) is 10.8. The summed E-state index contributed by atoms with van der Waals surface area (Å²) in [6, 6.07) is 4.90. The van der Waals surface area contributed by atoms with Gasteiger partial charge in [0.25, 0.3) is 0 Å². The summed E-state index contributed by atoms with van der Waals surface area (Å²) >= 11 is 7.64. The molecule has 1 aromatic rings. The van der Waals surface area contributed by atoms with Gasteiger partial charge in [0.1, 0.15) is 5.25 Å². The lowest BCUT2D eigenvalue weighted by Gasteiger charge is -2.15. The second-order valence-corrected chi connectivity index (χ2v) is 7.69. The Bertz CT molecular complexity index is 609. The van der Waals surface area contributed by atoms with Crippen LogP contribution in [0.4, 0.5) is 5.69 Å². The molecular formula is C16H21ClN2O3S. The average molecular weight is 357 g/mol. The van der Waals surface area contributed by atoms with Gasteiger partial charge in [-0.3, -0.25) is 4.79 Å². The number of esters is 1. The second-order valence-electron chi connectivity index (χ2n) is 5.79. The first-order valence-corrected chi connectivity index (χ1v) is 8.83. The third-order valence-corrected chi connectivity index (χ3v) is 5.15. The van der Waals surface area contributed by atoms with Gasteiger partial charge in [0, 0.05) is 11.7 Å². The molecule has 0 bridgehead atoms. The standard InChI is InChI=1S/C16H21ClN2O3S/c1-8(2)22-16(21)12-7-11(5-6-13(12)17)19-15(20)14-9(3)18-10(4)23-14/h5-10,14,18H,1-4H3,(H,19,20). The number of carbonyl (C=O) groups excluding carboxylic acids is 2. The van der Waals surface area contributed by atoms with Crippen molar-refractivity contribution >= 4 is 40.9 Å². The van der Waals surface area contributed by atoms with E-state index in [1.807, 2.05) is 13.8 Å². The molecule has 1 saturated heterocycles. The molecule has 5 nitrogen and oxygen atoms in total. The van der Waals surface area contributed by atoms with Crippen LogP contribution >= 0.6 is 23.4 Å². The van der Waals surface area contributed by atoms with Gasteiger partial charge < -0.3 is 15.4 Å². The number of hydrogen-bond acceptors (Lipinski definition) is 5. The zero-order valence-corrected chi connectivity index (χ0v) is 15.1. The first kappa shape index (κ1) is 18.1. The van der Waals surface area contributed by atoms with Gasteiger partial charge in [0.05, 0.1) is 22.1 Å². The van der Waals surface area contributed by atoms with Crippen molar-refractivity contribution in [3.05, 3.63) is 28.8 Å². The van der Waals surface area contributed by atoms with Crippen LogP contribution in [0.2, 0.25) is 5.02 Å². The molecule has 1 heterocycles. The summed E-state index contributed by atoms with van der Waals surface area (Å²) in [7, 11) is 0. The Labute approximate surface area is 145 Å². The Balaban J connectivity index is 2.12. The van der Waals surface area contributed by atoms with E-state index in [1.165, 1.54) is 0 Å². The van der Waals surface area contributed by atoms with Crippen molar-refractivity contribution in [3.63, 3.8) is 0 Å². The smallest absolute Gasteiger partial charge is 0.339 e. The largest absolute Gasteiger partial charge is 0.459 e. The minimum atomic E-state index is -0.500. The predicted octanol–water partition coefficient (Wildman–Crippen LogP) is 3.28. The summed E-state index contributed by atoms with van der Waals surface area (Å²) in [6.45, 7) is 7.54. The van der Waals surface area contributed by atoms with Crippen molar-refractivity contribution in [2.24, 2.45) is 0 Å². The van der Waals surface area contributed by atoms with E-state index in [9.17, 15) is 9.59 Å². The third-order valence-electron chi connectivity index (χ3n) is 3.36. The Kier molecular flexibility index (Phi) is 5.95. The van der Waals surface area contributed by atoms with Crippen LogP contribution in [-0.2, 0) is 9.53 Å². The topological polar surface area (TPSA) is 67.4 Å². The quantitative estimate of drug-likeness (QED) is 0.810. The van der Waals surface area contributed by atoms with Crippen LogP contribution in [0.25, 0.3) is 0 Å². The molecule has 0 spiro atoms. The molecule has 3 unspecified atom stereocenters. The SMILES string of the molecule is CC(C)OC(=O)c1cc(NC(=O)C2SC(C)NC2C)ccc1Cl. The molecule has 0 aromatic heterocycles. The first-order valence-electron chi connectivity index (χ1n) is 7.51. The van der Waals surface area contributed by atoms with Gasteiger partial charge in [-0.2, -0.15) is 0 Å². The zero-order valence-electron chi connectivity index (χ0n) is 13.6. The maximum absolute atomic E-state index is 12.4. The van der Waals surface area contributed by atoms with Crippen molar-refractivity contribution in [1.29, 1.82) is 0 Å². The van der Waals surface area contributed by atoms with Crippen molar-refractivity contribution < 1.29 is 14.3 Å². The molecule has 0 aliphatic carbocycles. The summed E-state index contributed by atoms with van der Waals surface area (Å²) in [6.07, 6.45) is -0.236. The number of ether oxygens (including phenoxy) is 1. The Morgan fingerprint density at radius 3 is 2.61 bits per heavy atom. The number of halogens is 1. The van der Waals surface area contributed by atoms with E-state index < -0.39 is 5.97 Å². The van der Waals surface area contributed by atoms with Gasteiger partial charge in [-0.05, 0) is 45.9 Å². The van der Waals surface area contributed by atoms with Crippen LogP contribution in [0, 0.1) is 0 Å². The van der Waals surface area contributed by atoms with Crippen LogP contribution in [0.15, 0.2) is 18.2 Å². The highest BCUT2D eigenvalue weighted by atomic mass is 35.5. The van der Waals surface area contributed by atoms with E-state index in [0.29, 0.717) is 10.7 Å². The number of amides is 1. The molecule has 1 aliphatic heterocycles. The Morgan fingerprint density at radius 2 is 2.04 bits per heavy atom. The summed E-state index contributed by atoms with van der Waals surface area (Å²) in [5.41, 5.74) is 0.777. The number of benzene rings is 1. The lowest BCUT2D eigenvalue weighted by molar-refractivity contribution is -0.115. The van der Waals surface area contributed by atoms with Gasteiger partial charge in [-0.15, -0.1) is 11.8 Å².